The van der Waals surface area contributed by atoms with Crippen LogP contribution in [-0.2, 0) is 6.54 Å². The molecule has 132 valence electrons. The number of nitrogens with one attached hydrogen (secondary N) is 1. The lowest BCUT2D eigenvalue weighted by molar-refractivity contribution is 0.302. The van der Waals surface area contributed by atoms with Crippen LogP contribution in [0.4, 0.5) is 0 Å². The number of aliphatic hydroxyl groups excluding tert-OH is 1. The molecule has 1 unspecified atom stereocenters. The van der Waals surface area contributed by atoms with Gasteiger partial charge in [-0.1, -0.05) is 72.8 Å². The molecule has 26 heavy (non-hydrogen) atoms. The first-order valence-electron chi connectivity index (χ1n) is 8.92. The third kappa shape index (κ3) is 4.88. The summed E-state index contributed by atoms with van der Waals surface area (Å²) in [5.74, 6) is 0. The summed E-state index contributed by atoms with van der Waals surface area (Å²) in [6, 6.07) is 24.8. The van der Waals surface area contributed by atoms with E-state index in [0.29, 0.717) is 6.42 Å². The van der Waals surface area contributed by atoms with Crippen LogP contribution in [0.25, 0.3) is 5.57 Å². The standard InChI is InChI=1S/C23H24N2O/c26-16-8-14-22(21-13-7-15-24-18-21)23(20-11-5-2-6-12-20)25-17-19-9-3-1-4-10-19/h1-7,9-15,18,23,25-26H,8,16-17H2/b22-14+. The van der Waals surface area contributed by atoms with Gasteiger partial charge in [-0.25, -0.2) is 0 Å². The van der Waals surface area contributed by atoms with E-state index in [1.807, 2.05) is 24.4 Å². The first kappa shape index (κ1) is 18.1. The summed E-state index contributed by atoms with van der Waals surface area (Å²) >= 11 is 0. The molecule has 0 bridgehead atoms. The number of aromatic nitrogens is 1. The lowest BCUT2D eigenvalue weighted by Crippen LogP contribution is -2.22. The molecule has 0 fully saturated rings. The lowest BCUT2D eigenvalue weighted by atomic mass is 9.92. The van der Waals surface area contributed by atoms with Gasteiger partial charge in [0.25, 0.3) is 0 Å². The van der Waals surface area contributed by atoms with Crippen molar-refractivity contribution in [1.82, 2.24) is 10.3 Å². The van der Waals surface area contributed by atoms with Gasteiger partial charge < -0.3 is 10.4 Å². The van der Waals surface area contributed by atoms with Gasteiger partial charge in [0.1, 0.15) is 0 Å². The van der Waals surface area contributed by atoms with Crippen molar-refractivity contribution >= 4 is 5.57 Å². The largest absolute Gasteiger partial charge is 0.396 e. The van der Waals surface area contributed by atoms with Gasteiger partial charge in [0.2, 0.25) is 0 Å². The zero-order chi connectivity index (χ0) is 18.0. The van der Waals surface area contributed by atoms with Crippen LogP contribution in [0.1, 0.15) is 29.2 Å². The van der Waals surface area contributed by atoms with Gasteiger partial charge in [0.15, 0.2) is 0 Å². The summed E-state index contributed by atoms with van der Waals surface area (Å²) in [5.41, 5.74) is 4.63. The van der Waals surface area contributed by atoms with Gasteiger partial charge in [-0.2, -0.15) is 0 Å². The fourth-order valence-electron chi connectivity index (χ4n) is 3.02. The Kier molecular flexibility index (Phi) is 6.71. The normalized spacial score (nSPS) is 12.7. The summed E-state index contributed by atoms with van der Waals surface area (Å²) < 4.78 is 0. The quantitative estimate of drug-likeness (QED) is 0.637. The van der Waals surface area contributed by atoms with Crippen molar-refractivity contribution < 1.29 is 5.11 Å². The highest BCUT2D eigenvalue weighted by Gasteiger charge is 2.18. The number of rotatable bonds is 8. The van der Waals surface area contributed by atoms with Crippen molar-refractivity contribution in [2.45, 2.75) is 19.0 Å². The Morgan fingerprint density at radius 1 is 0.962 bits per heavy atom. The molecule has 2 N–H and O–H groups in total. The van der Waals surface area contributed by atoms with Gasteiger partial charge in [-0.05, 0) is 34.8 Å². The maximum atomic E-state index is 9.34. The number of nitrogens with zero attached hydrogens (tertiary/aromatic N) is 1. The van der Waals surface area contributed by atoms with Crippen LogP contribution in [0.3, 0.4) is 0 Å². The maximum absolute atomic E-state index is 9.34. The summed E-state index contributed by atoms with van der Waals surface area (Å²) in [6.07, 6.45) is 6.37. The highest BCUT2D eigenvalue weighted by molar-refractivity contribution is 5.70. The molecule has 1 heterocycles. The van der Waals surface area contributed by atoms with E-state index < -0.39 is 0 Å². The second-order valence-corrected chi connectivity index (χ2v) is 6.12. The minimum Gasteiger partial charge on any atom is -0.396 e. The molecule has 3 nitrogen and oxygen atoms in total. The molecule has 3 rings (SSSR count). The minimum absolute atomic E-state index is 0.0205. The Balaban J connectivity index is 1.94. The van der Waals surface area contributed by atoms with E-state index in [0.717, 1.165) is 17.7 Å². The van der Waals surface area contributed by atoms with E-state index in [4.69, 9.17) is 0 Å². The molecule has 0 spiro atoms. The van der Waals surface area contributed by atoms with E-state index in [9.17, 15) is 5.11 Å². The summed E-state index contributed by atoms with van der Waals surface area (Å²) in [4.78, 5) is 4.28. The van der Waals surface area contributed by atoms with Crippen molar-refractivity contribution in [3.8, 4) is 0 Å². The number of hydrogen-bond donors (Lipinski definition) is 2. The molecule has 0 radical (unpaired) electrons. The Hall–Kier alpha value is -2.75. The smallest absolute Gasteiger partial charge is 0.0582 e. The SMILES string of the molecule is OCC/C=C(\c1cccnc1)C(NCc1ccccc1)c1ccccc1. The molecule has 0 saturated heterocycles. The molecule has 0 aliphatic carbocycles. The number of aliphatic hydroxyl groups is 1. The van der Waals surface area contributed by atoms with Crippen LogP contribution in [0.15, 0.2) is 91.3 Å². The van der Waals surface area contributed by atoms with Crippen molar-refractivity contribution in [2.24, 2.45) is 0 Å². The van der Waals surface area contributed by atoms with Crippen LogP contribution in [-0.4, -0.2) is 16.7 Å². The fraction of sp³-hybridized carbons (Fsp3) is 0.174. The monoisotopic (exact) mass is 344 g/mol. The van der Waals surface area contributed by atoms with Crippen LogP contribution in [0, 0.1) is 0 Å². The van der Waals surface area contributed by atoms with E-state index in [1.165, 1.54) is 11.1 Å². The van der Waals surface area contributed by atoms with Crippen LogP contribution >= 0.6 is 0 Å². The molecule has 2 aromatic carbocycles. The third-order valence-corrected chi connectivity index (χ3v) is 4.29. The summed E-state index contributed by atoms with van der Waals surface area (Å²) in [6.45, 7) is 0.890. The molecule has 0 amide bonds. The molecule has 3 heteroatoms. The molecular formula is C23H24N2O. The molecule has 3 aromatic rings. The van der Waals surface area contributed by atoms with Crippen molar-refractivity contribution in [3.05, 3.63) is 108 Å². The number of pyridine rings is 1. The lowest BCUT2D eigenvalue weighted by Gasteiger charge is -2.23. The average molecular weight is 344 g/mol. The molecule has 1 atom stereocenters. The second kappa shape index (κ2) is 9.66. The fourth-order valence-corrected chi connectivity index (χ4v) is 3.02. The van der Waals surface area contributed by atoms with Crippen LogP contribution in [0.2, 0.25) is 0 Å². The van der Waals surface area contributed by atoms with Gasteiger partial charge in [-0.3, -0.25) is 4.98 Å². The van der Waals surface area contributed by atoms with E-state index in [2.05, 4.69) is 71.0 Å². The van der Waals surface area contributed by atoms with E-state index >= 15 is 0 Å². The minimum atomic E-state index is 0.0205. The zero-order valence-corrected chi connectivity index (χ0v) is 14.8. The van der Waals surface area contributed by atoms with Crippen molar-refractivity contribution in [3.63, 3.8) is 0 Å². The molecule has 0 saturated carbocycles. The first-order chi connectivity index (χ1) is 12.9. The topological polar surface area (TPSA) is 45.2 Å². The highest BCUT2D eigenvalue weighted by Crippen LogP contribution is 2.30. The van der Waals surface area contributed by atoms with Crippen molar-refractivity contribution in [1.29, 1.82) is 0 Å². The van der Waals surface area contributed by atoms with Crippen LogP contribution in [0.5, 0.6) is 0 Å². The Morgan fingerprint density at radius 2 is 1.69 bits per heavy atom. The molecular weight excluding hydrogens is 320 g/mol. The average Bonchev–Trinajstić information content (AvgIpc) is 2.72. The Labute approximate surface area is 155 Å². The maximum Gasteiger partial charge on any atom is 0.0582 e. The van der Waals surface area contributed by atoms with Crippen LogP contribution < -0.4 is 5.32 Å². The van der Waals surface area contributed by atoms with E-state index in [-0.39, 0.29) is 12.6 Å². The van der Waals surface area contributed by atoms with Gasteiger partial charge >= 0.3 is 0 Å². The summed E-state index contributed by atoms with van der Waals surface area (Å²) in [7, 11) is 0. The first-order valence-corrected chi connectivity index (χ1v) is 8.92. The zero-order valence-electron chi connectivity index (χ0n) is 14.8. The molecule has 0 aliphatic heterocycles. The third-order valence-electron chi connectivity index (χ3n) is 4.29. The molecule has 1 aromatic heterocycles. The van der Waals surface area contributed by atoms with Crippen molar-refractivity contribution in [2.75, 3.05) is 6.61 Å². The van der Waals surface area contributed by atoms with Gasteiger partial charge in [-0.15, -0.1) is 0 Å². The molecule has 0 aliphatic rings. The summed E-state index contributed by atoms with van der Waals surface area (Å²) in [5, 5.41) is 13.0. The predicted octanol–water partition coefficient (Wildman–Crippen LogP) is 4.38. The Morgan fingerprint density at radius 3 is 2.35 bits per heavy atom. The van der Waals surface area contributed by atoms with Gasteiger partial charge in [0, 0.05) is 25.5 Å². The number of benzene rings is 2. The Bertz CT molecular complexity index is 801. The number of hydrogen-bond acceptors (Lipinski definition) is 3. The predicted molar refractivity (Wildman–Crippen MR) is 106 cm³/mol. The second-order valence-electron chi connectivity index (χ2n) is 6.12. The highest BCUT2D eigenvalue weighted by atomic mass is 16.2. The van der Waals surface area contributed by atoms with E-state index in [1.54, 1.807) is 6.20 Å². The van der Waals surface area contributed by atoms with Gasteiger partial charge in [0.05, 0.1) is 6.04 Å².